The van der Waals surface area contributed by atoms with Crippen LogP contribution >= 0.6 is 0 Å². The van der Waals surface area contributed by atoms with E-state index in [1.165, 1.54) is 0 Å². The van der Waals surface area contributed by atoms with Gasteiger partial charge in [0.2, 0.25) is 5.89 Å². The highest BCUT2D eigenvalue weighted by Gasteiger charge is 2.22. The second-order valence-electron chi connectivity index (χ2n) is 9.05. The summed E-state index contributed by atoms with van der Waals surface area (Å²) in [5, 5.41) is 6.69. The fraction of sp³-hybridized carbons (Fsp3) is 0.259. The molecule has 1 aliphatic rings. The van der Waals surface area contributed by atoms with Crippen LogP contribution in [0.3, 0.4) is 0 Å². The van der Waals surface area contributed by atoms with Crippen LogP contribution in [0.25, 0.3) is 22.6 Å². The van der Waals surface area contributed by atoms with Crippen molar-refractivity contribution in [1.82, 2.24) is 15.0 Å². The van der Waals surface area contributed by atoms with Gasteiger partial charge in [-0.25, -0.2) is 15.0 Å². The van der Waals surface area contributed by atoms with Gasteiger partial charge in [0.15, 0.2) is 5.69 Å². The van der Waals surface area contributed by atoms with E-state index >= 15 is 0 Å². The van der Waals surface area contributed by atoms with Crippen molar-refractivity contribution in [2.24, 2.45) is 11.5 Å². The summed E-state index contributed by atoms with van der Waals surface area (Å²) in [5.41, 5.74) is 17.1. The smallest absolute Gasteiger partial charge is 0.269 e. The molecule has 1 fully saturated rings. The normalized spacial score (nSPS) is 17.5. The highest BCUT2D eigenvalue weighted by molar-refractivity contribution is 5.97. The van der Waals surface area contributed by atoms with Crippen LogP contribution in [0, 0.1) is 6.92 Å². The van der Waals surface area contributed by atoms with Gasteiger partial charge in [0.05, 0.1) is 23.8 Å². The van der Waals surface area contributed by atoms with Gasteiger partial charge in [-0.2, -0.15) is 0 Å². The summed E-state index contributed by atoms with van der Waals surface area (Å²) in [6, 6.07) is 13.9. The number of primary amides is 1. The molecule has 9 nitrogen and oxygen atoms in total. The number of rotatable bonds is 7. The third kappa shape index (κ3) is 5.06. The number of carbonyl (C=O) groups is 1. The summed E-state index contributed by atoms with van der Waals surface area (Å²) >= 11 is 0. The minimum atomic E-state index is -0.613. The predicted molar refractivity (Wildman–Crippen MR) is 140 cm³/mol. The zero-order valence-electron chi connectivity index (χ0n) is 20.1. The fourth-order valence-corrected chi connectivity index (χ4v) is 4.62. The van der Waals surface area contributed by atoms with Crippen LogP contribution in [0.1, 0.15) is 41.9 Å². The molecular weight excluding hydrogens is 454 g/mol. The second kappa shape index (κ2) is 10.2. The zero-order valence-corrected chi connectivity index (χ0v) is 20.1. The van der Waals surface area contributed by atoms with E-state index in [0.29, 0.717) is 17.4 Å². The SMILES string of the molecule is Cc1nc(Nc2cc(N[C@@H]3CCCC[C@@H]3N)cnc2C(N)=O)ccc1-c1ccc(-c2ncco2)cc1. The standard InChI is InChI=1S/C27H29N7O2/c1-16-20(17-6-8-18(9-7-17)27-30-12-13-36-27)10-11-24(32-16)34-23-14-19(15-31-25(23)26(29)35)33-22-5-3-2-4-21(22)28/h6-15,21-22,33H,2-5,28H2,1H3,(H2,29,35)(H,32,34)/t21-,22+/m0/s1. The van der Waals surface area contributed by atoms with Crippen LogP contribution in [0.2, 0.25) is 0 Å². The van der Waals surface area contributed by atoms with Crippen LogP contribution in [0.4, 0.5) is 17.2 Å². The summed E-state index contributed by atoms with van der Waals surface area (Å²) in [6.45, 7) is 1.94. The maximum atomic E-state index is 12.0. The number of aromatic nitrogens is 3. The van der Waals surface area contributed by atoms with Crippen molar-refractivity contribution in [2.75, 3.05) is 10.6 Å². The molecule has 6 N–H and O–H groups in total. The van der Waals surface area contributed by atoms with Crippen LogP contribution in [0.15, 0.2) is 65.5 Å². The topological polar surface area (TPSA) is 145 Å². The molecule has 0 saturated heterocycles. The lowest BCUT2D eigenvalue weighted by molar-refractivity contribution is 0.0996. The summed E-state index contributed by atoms with van der Waals surface area (Å²) in [6.07, 6.45) is 9.09. The van der Waals surface area contributed by atoms with E-state index in [0.717, 1.165) is 53.8 Å². The van der Waals surface area contributed by atoms with Gasteiger partial charge in [0.1, 0.15) is 12.1 Å². The number of aryl methyl sites for hydroxylation is 1. The van der Waals surface area contributed by atoms with Crippen molar-refractivity contribution < 1.29 is 9.21 Å². The minimum Gasteiger partial charge on any atom is -0.445 e. The number of oxazole rings is 1. The average molecular weight is 484 g/mol. The molecule has 1 amide bonds. The Bertz CT molecular complexity index is 1350. The number of benzene rings is 1. The van der Waals surface area contributed by atoms with Crippen LogP contribution in [0.5, 0.6) is 0 Å². The maximum Gasteiger partial charge on any atom is 0.269 e. The Kier molecular flexibility index (Phi) is 6.64. The van der Waals surface area contributed by atoms with Gasteiger partial charge < -0.3 is 26.5 Å². The molecule has 1 aromatic carbocycles. The molecule has 5 rings (SSSR count). The van der Waals surface area contributed by atoms with Crippen LogP contribution in [-0.4, -0.2) is 32.9 Å². The molecule has 0 radical (unpaired) electrons. The minimum absolute atomic E-state index is 0.0900. The molecule has 184 valence electrons. The molecule has 9 heteroatoms. The molecule has 0 spiro atoms. The second-order valence-corrected chi connectivity index (χ2v) is 9.05. The zero-order chi connectivity index (χ0) is 25.1. The Morgan fingerprint density at radius 3 is 2.53 bits per heavy atom. The first-order valence-corrected chi connectivity index (χ1v) is 12.0. The Balaban J connectivity index is 1.37. The third-order valence-corrected chi connectivity index (χ3v) is 6.52. The number of nitrogens with two attached hydrogens (primary N) is 2. The molecule has 3 aromatic heterocycles. The van der Waals surface area contributed by atoms with Crippen molar-refractivity contribution in [2.45, 2.75) is 44.7 Å². The molecule has 36 heavy (non-hydrogen) atoms. The summed E-state index contributed by atoms with van der Waals surface area (Å²) in [7, 11) is 0. The lowest BCUT2D eigenvalue weighted by Gasteiger charge is -2.30. The predicted octanol–water partition coefficient (Wildman–Crippen LogP) is 4.63. The molecule has 1 aliphatic carbocycles. The number of anilines is 3. The van der Waals surface area contributed by atoms with Crippen molar-refractivity contribution in [3.05, 3.63) is 72.5 Å². The Hall–Kier alpha value is -4.24. The first-order chi connectivity index (χ1) is 17.5. The van der Waals surface area contributed by atoms with Gasteiger partial charge in [-0.15, -0.1) is 0 Å². The van der Waals surface area contributed by atoms with Crippen molar-refractivity contribution in [3.8, 4) is 22.6 Å². The van der Waals surface area contributed by atoms with Gasteiger partial charge in [0.25, 0.3) is 5.91 Å². The molecular formula is C27H29N7O2. The van der Waals surface area contributed by atoms with Crippen LogP contribution < -0.4 is 22.1 Å². The Labute approximate surface area is 209 Å². The van der Waals surface area contributed by atoms with E-state index in [9.17, 15) is 4.79 Å². The molecule has 2 atom stereocenters. The molecule has 3 heterocycles. The van der Waals surface area contributed by atoms with Gasteiger partial charge in [-0.1, -0.05) is 25.0 Å². The van der Waals surface area contributed by atoms with Crippen molar-refractivity contribution in [3.63, 3.8) is 0 Å². The highest BCUT2D eigenvalue weighted by Crippen LogP contribution is 2.29. The summed E-state index contributed by atoms with van der Waals surface area (Å²) in [4.78, 5) is 25.2. The van der Waals surface area contributed by atoms with E-state index in [-0.39, 0.29) is 17.8 Å². The van der Waals surface area contributed by atoms with Crippen molar-refractivity contribution >= 4 is 23.1 Å². The van der Waals surface area contributed by atoms with Gasteiger partial charge in [0, 0.05) is 28.9 Å². The molecule has 0 bridgehead atoms. The first kappa shape index (κ1) is 23.5. The maximum absolute atomic E-state index is 12.0. The molecule has 4 aromatic rings. The fourth-order valence-electron chi connectivity index (χ4n) is 4.62. The number of nitrogens with zero attached hydrogens (tertiary/aromatic N) is 3. The Morgan fingerprint density at radius 2 is 1.83 bits per heavy atom. The first-order valence-electron chi connectivity index (χ1n) is 12.0. The number of pyridine rings is 2. The third-order valence-electron chi connectivity index (χ3n) is 6.52. The highest BCUT2D eigenvalue weighted by atomic mass is 16.3. The number of hydrogen-bond acceptors (Lipinski definition) is 8. The summed E-state index contributed by atoms with van der Waals surface area (Å²) in [5.74, 6) is 0.554. The van der Waals surface area contributed by atoms with E-state index in [1.54, 1.807) is 18.7 Å². The van der Waals surface area contributed by atoms with E-state index in [2.05, 4.69) is 20.6 Å². The Morgan fingerprint density at radius 1 is 1.06 bits per heavy atom. The molecule has 1 saturated carbocycles. The van der Waals surface area contributed by atoms with Gasteiger partial charge >= 0.3 is 0 Å². The van der Waals surface area contributed by atoms with E-state index in [4.69, 9.17) is 20.9 Å². The van der Waals surface area contributed by atoms with Crippen molar-refractivity contribution in [1.29, 1.82) is 0 Å². The van der Waals surface area contributed by atoms with E-state index in [1.807, 2.05) is 49.4 Å². The van der Waals surface area contributed by atoms with Crippen LogP contribution in [-0.2, 0) is 0 Å². The molecule has 0 aliphatic heterocycles. The van der Waals surface area contributed by atoms with E-state index < -0.39 is 5.91 Å². The van der Waals surface area contributed by atoms with Gasteiger partial charge in [-0.05, 0) is 55.7 Å². The number of hydrogen-bond donors (Lipinski definition) is 4. The lowest BCUT2D eigenvalue weighted by atomic mass is 9.91. The monoisotopic (exact) mass is 483 g/mol. The van der Waals surface area contributed by atoms with Gasteiger partial charge in [-0.3, -0.25) is 4.79 Å². The summed E-state index contributed by atoms with van der Waals surface area (Å²) < 4.78 is 5.36. The largest absolute Gasteiger partial charge is 0.445 e. The average Bonchev–Trinajstić information content (AvgIpc) is 3.41. The number of amides is 1. The lowest BCUT2D eigenvalue weighted by Crippen LogP contribution is -2.42. The molecule has 0 unspecified atom stereocenters. The number of carbonyl (C=O) groups excluding carboxylic acids is 1. The number of nitrogens with one attached hydrogen (secondary N) is 2. The quantitative estimate of drug-likeness (QED) is 0.298.